The Balaban J connectivity index is 1.38. The van der Waals surface area contributed by atoms with E-state index in [-0.39, 0.29) is 17.0 Å². The lowest BCUT2D eigenvalue weighted by Gasteiger charge is -2.24. The van der Waals surface area contributed by atoms with Gasteiger partial charge in [-0.25, -0.2) is 4.79 Å². The second kappa shape index (κ2) is 10.4. The number of aromatic carboxylic acids is 1. The van der Waals surface area contributed by atoms with Crippen molar-refractivity contribution in [1.29, 1.82) is 0 Å². The summed E-state index contributed by atoms with van der Waals surface area (Å²) in [6.07, 6.45) is 10.2. The van der Waals surface area contributed by atoms with Crippen LogP contribution >= 0.6 is 0 Å². The summed E-state index contributed by atoms with van der Waals surface area (Å²) in [6.45, 7) is 1.90. The van der Waals surface area contributed by atoms with Gasteiger partial charge in [0.15, 0.2) is 0 Å². The fourth-order valence-corrected chi connectivity index (χ4v) is 6.09. The maximum atomic E-state index is 13.8. The highest BCUT2D eigenvalue weighted by Crippen LogP contribution is 2.37. The Morgan fingerprint density at radius 1 is 0.872 bits per heavy atom. The Labute approximate surface area is 228 Å². The van der Waals surface area contributed by atoms with Gasteiger partial charge in [-0.05, 0) is 66.3 Å². The quantitative estimate of drug-likeness (QED) is 0.495. The van der Waals surface area contributed by atoms with Crippen molar-refractivity contribution in [3.05, 3.63) is 130 Å². The van der Waals surface area contributed by atoms with E-state index in [0.29, 0.717) is 0 Å². The number of hydrogen-bond acceptors (Lipinski definition) is 3. The smallest absolute Gasteiger partial charge is 0.336 e. The van der Waals surface area contributed by atoms with Crippen LogP contribution in [0.25, 0.3) is 0 Å². The van der Waals surface area contributed by atoms with Gasteiger partial charge in [0.05, 0.1) is 29.6 Å². The van der Waals surface area contributed by atoms with Gasteiger partial charge in [0.1, 0.15) is 5.69 Å². The summed E-state index contributed by atoms with van der Waals surface area (Å²) in [6, 6.07) is 23.4. The van der Waals surface area contributed by atoms with Crippen LogP contribution in [0.4, 0.5) is 11.4 Å². The van der Waals surface area contributed by atoms with E-state index in [1.54, 1.807) is 30.1 Å². The molecule has 6 heteroatoms. The van der Waals surface area contributed by atoms with Gasteiger partial charge in [0.25, 0.3) is 5.91 Å². The summed E-state index contributed by atoms with van der Waals surface area (Å²) in [5.74, 6) is -1.42. The van der Waals surface area contributed by atoms with Crippen LogP contribution in [0.3, 0.4) is 0 Å². The Kier molecular flexibility index (Phi) is 6.63. The number of carboxylic acids is 1. The van der Waals surface area contributed by atoms with Crippen molar-refractivity contribution < 1.29 is 19.6 Å². The molecule has 0 saturated carbocycles. The molecule has 196 valence electrons. The minimum absolute atomic E-state index is 0.0159. The van der Waals surface area contributed by atoms with Crippen LogP contribution < -0.4 is 9.80 Å². The molecule has 2 heterocycles. The van der Waals surface area contributed by atoms with Crippen LogP contribution in [0.1, 0.15) is 44.7 Å². The molecule has 0 bridgehead atoms. The molecule has 1 amide bonds. The average Bonchev–Trinajstić information content (AvgIpc) is 3.68. The minimum atomic E-state index is -1.10. The number of nitrogens with zero attached hydrogens (tertiary/aromatic N) is 2. The molecule has 6 nitrogen and oxygen atoms in total. The largest absolute Gasteiger partial charge is 0.478 e. The second-order valence-electron chi connectivity index (χ2n) is 10.3. The first kappa shape index (κ1) is 24.9. The molecule has 0 spiro atoms. The Hall–Kier alpha value is -4.42. The molecule has 2 aliphatic heterocycles. The van der Waals surface area contributed by atoms with E-state index in [0.717, 1.165) is 55.6 Å². The standard InChI is InChI=1S/C33H31N3O3/c1-34(32(37)27-10-4-5-11-28(27)33(38)39)31-25(18-20-35-19-16-23-8-2-6-12-29(23)35)14-15-26(31)22-36-21-17-24-9-3-7-13-30(24)36/h2-13,18,20,22H,14-17,19,21H2,1H3,(H,38,39)/p+1. The van der Waals surface area contributed by atoms with Gasteiger partial charge in [-0.15, -0.1) is 0 Å². The predicted octanol–water partition coefficient (Wildman–Crippen LogP) is 4.74. The lowest BCUT2D eigenvalue weighted by Crippen LogP contribution is -3.01. The first-order chi connectivity index (χ1) is 19.0. The van der Waals surface area contributed by atoms with Crippen LogP contribution in [0.2, 0.25) is 0 Å². The first-order valence-electron chi connectivity index (χ1n) is 13.5. The third kappa shape index (κ3) is 4.68. The van der Waals surface area contributed by atoms with Crippen LogP contribution in [0, 0.1) is 0 Å². The predicted molar refractivity (Wildman–Crippen MR) is 152 cm³/mol. The molecule has 39 heavy (non-hydrogen) atoms. The number of rotatable bonds is 6. The number of benzene rings is 3. The highest BCUT2D eigenvalue weighted by atomic mass is 16.4. The van der Waals surface area contributed by atoms with E-state index in [4.69, 9.17) is 0 Å². The lowest BCUT2D eigenvalue weighted by atomic mass is 10.1. The number of carbonyl (C=O) groups is 2. The summed E-state index contributed by atoms with van der Waals surface area (Å²) >= 11 is 0. The highest BCUT2D eigenvalue weighted by molar-refractivity contribution is 6.05. The Morgan fingerprint density at radius 2 is 1.59 bits per heavy atom. The van der Waals surface area contributed by atoms with Crippen molar-refractivity contribution in [2.75, 3.05) is 25.0 Å². The Morgan fingerprint density at radius 3 is 2.41 bits per heavy atom. The first-order valence-corrected chi connectivity index (χ1v) is 13.5. The summed E-state index contributed by atoms with van der Waals surface area (Å²) in [5, 5.41) is 9.72. The highest BCUT2D eigenvalue weighted by Gasteiger charge is 2.30. The van der Waals surface area contributed by atoms with Gasteiger partial charge in [-0.3, -0.25) is 9.69 Å². The van der Waals surface area contributed by atoms with Gasteiger partial charge in [0.2, 0.25) is 0 Å². The number of anilines is 1. The van der Waals surface area contributed by atoms with Crippen molar-refractivity contribution in [3.63, 3.8) is 0 Å². The van der Waals surface area contributed by atoms with Crippen molar-refractivity contribution in [2.24, 2.45) is 0 Å². The van der Waals surface area contributed by atoms with E-state index in [2.05, 4.69) is 71.9 Å². The zero-order valence-corrected chi connectivity index (χ0v) is 22.1. The van der Waals surface area contributed by atoms with E-state index < -0.39 is 5.97 Å². The zero-order chi connectivity index (χ0) is 26.9. The summed E-state index contributed by atoms with van der Waals surface area (Å²) in [5.41, 5.74) is 8.48. The fourth-order valence-electron chi connectivity index (χ4n) is 6.09. The number of fused-ring (bicyclic) bond motifs is 2. The van der Waals surface area contributed by atoms with Gasteiger partial charge in [0, 0.05) is 37.5 Å². The molecule has 2 N–H and O–H groups in total. The maximum Gasteiger partial charge on any atom is 0.336 e. The number of nitrogens with one attached hydrogen (secondary N) is 1. The normalized spacial score (nSPS) is 19.2. The monoisotopic (exact) mass is 518 g/mol. The van der Waals surface area contributed by atoms with Crippen LogP contribution in [0.15, 0.2) is 108 Å². The van der Waals surface area contributed by atoms with Crippen molar-refractivity contribution >= 4 is 23.3 Å². The summed E-state index contributed by atoms with van der Waals surface area (Å²) < 4.78 is 0. The van der Waals surface area contributed by atoms with Crippen molar-refractivity contribution in [2.45, 2.75) is 25.7 Å². The average molecular weight is 519 g/mol. The number of allylic oxidation sites excluding steroid dienone is 3. The number of likely N-dealkylation sites (N-methyl/N-ethyl adjacent to an activating group) is 1. The third-order valence-electron chi connectivity index (χ3n) is 8.05. The number of quaternary nitrogens is 1. The number of carbonyl (C=O) groups excluding carboxylic acids is 1. The number of carboxylic acid groups (broad SMARTS) is 1. The topological polar surface area (TPSA) is 65.3 Å². The number of hydrogen-bond donors (Lipinski definition) is 2. The maximum absolute atomic E-state index is 13.8. The van der Waals surface area contributed by atoms with Crippen molar-refractivity contribution in [1.82, 2.24) is 4.90 Å². The van der Waals surface area contributed by atoms with Crippen LogP contribution in [-0.2, 0) is 12.8 Å². The molecule has 1 unspecified atom stereocenters. The number of para-hydroxylation sites is 2. The summed E-state index contributed by atoms with van der Waals surface area (Å²) in [7, 11) is 1.76. The molecule has 0 radical (unpaired) electrons. The second-order valence-corrected chi connectivity index (χ2v) is 10.3. The van der Waals surface area contributed by atoms with Gasteiger partial charge in [-0.2, -0.15) is 0 Å². The SMILES string of the molecule is CN(C(=O)c1ccccc1C(=O)O)C1=C(C=C[NH+]2CCc3ccccc32)CCC1=CN1CCc2ccccc21. The molecule has 3 aromatic rings. The third-order valence-corrected chi connectivity index (χ3v) is 8.05. The molecule has 0 fully saturated rings. The molecule has 1 aliphatic carbocycles. The summed E-state index contributed by atoms with van der Waals surface area (Å²) in [4.78, 5) is 30.9. The Bertz CT molecular complexity index is 1550. The molecule has 1 atom stereocenters. The molecule has 6 rings (SSSR count). The molecule has 3 aliphatic rings. The number of amides is 1. The molecule has 0 aromatic heterocycles. The lowest BCUT2D eigenvalue weighted by molar-refractivity contribution is -0.767. The zero-order valence-electron chi connectivity index (χ0n) is 22.1. The van der Waals surface area contributed by atoms with E-state index in [1.807, 2.05) is 0 Å². The molecule has 0 saturated heterocycles. The van der Waals surface area contributed by atoms with Crippen LogP contribution in [-0.4, -0.2) is 42.0 Å². The molecular weight excluding hydrogens is 486 g/mol. The van der Waals surface area contributed by atoms with Crippen molar-refractivity contribution in [3.8, 4) is 0 Å². The van der Waals surface area contributed by atoms with Gasteiger partial charge >= 0.3 is 5.97 Å². The van der Waals surface area contributed by atoms with Gasteiger partial charge < -0.3 is 14.9 Å². The van der Waals surface area contributed by atoms with E-state index in [9.17, 15) is 14.7 Å². The van der Waals surface area contributed by atoms with Gasteiger partial charge in [-0.1, -0.05) is 48.5 Å². The van der Waals surface area contributed by atoms with E-state index >= 15 is 0 Å². The molecule has 3 aromatic carbocycles. The fraction of sp³-hybridized carbons (Fsp3) is 0.212. The molecular formula is C33H32N3O3+. The van der Waals surface area contributed by atoms with E-state index in [1.165, 1.54) is 33.5 Å². The van der Waals surface area contributed by atoms with Crippen LogP contribution in [0.5, 0.6) is 0 Å². The minimum Gasteiger partial charge on any atom is -0.478 e.